The van der Waals surface area contributed by atoms with Crippen molar-refractivity contribution in [3.05, 3.63) is 75.4 Å². The summed E-state index contributed by atoms with van der Waals surface area (Å²) >= 11 is 19.3. The van der Waals surface area contributed by atoms with Crippen LogP contribution in [-0.2, 0) is 4.79 Å². The van der Waals surface area contributed by atoms with E-state index in [-0.39, 0.29) is 5.91 Å². The molecule has 1 aromatic heterocycles. The molecule has 1 amide bonds. The average Bonchev–Trinajstić information content (AvgIpc) is 3.20. The number of benzene rings is 2. The Balaban J connectivity index is 1.47. The number of para-hydroxylation sites is 1. The molecule has 0 N–H and O–H groups in total. The van der Waals surface area contributed by atoms with Crippen LogP contribution in [0.25, 0.3) is 0 Å². The highest BCUT2D eigenvalue weighted by Gasteiger charge is 2.42. The van der Waals surface area contributed by atoms with Gasteiger partial charge in [-0.05, 0) is 30.7 Å². The molecule has 0 spiro atoms. The normalized spacial score (nSPS) is 20.4. The number of nitrogens with zero attached hydrogens (tertiary/aromatic N) is 5. The monoisotopic (exact) mass is 501 g/mol. The molecule has 3 aromatic rings. The van der Waals surface area contributed by atoms with Gasteiger partial charge < -0.3 is 9.80 Å². The molecule has 2 aliphatic rings. The Morgan fingerprint density at radius 2 is 1.67 bits per heavy atom. The lowest BCUT2D eigenvalue weighted by molar-refractivity contribution is -0.134. The number of rotatable bonds is 3. The number of anilines is 1. The van der Waals surface area contributed by atoms with Crippen LogP contribution in [0.1, 0.15) is 18.5 Å². The van der Waals surface area contributed by atoms with Crippen molar-refractivity contribution in [2.45, 2.75) is 13.0 Å². The highest BCUT2D eigenvalue weighted by atomic mass is 35.5. The Morgan fingerprint density at radius 3 is 2.39 bits per heavy atom. The smallest absolute Gasteiger partial charge is 0.234 e. The minimum Gasteiger partial charge on any atom is -0.368 e. The SMILES string of the molecule is CC1=Nc2c(Cl)cnn2C(c2cccc(Cl)c2Cl)C1C(=O)N1CCN(c2ccccc2)CC1. The molecule has 3 heterocycles. The van der Waals surface area contributed by atoms with Crippen molar-refractivity contribution in [3.8, 4) is 0 Å². The maximum absolute atomic E-state index is 13.9. The lowest BCUT2D eigenvalue weighted by atomic mass is 9.86. The van der Waals surface area contributed by atoms with E-state index in [2.05, 4.69) is 27.1 Å². The molecule has 1 saturated heterocycles. The van der Waals surface area contributed by atoms with E-state index in [4.69, 9.17) is 34.8 Å². The molecule has 2 unspecified atom stereocenters. The van der Waals surface area contributed by atoms with Crippen molar-refractivity contribution in [2.24, 2.45) is 10.9 Å². The molecule has 33 heavy (non-hydrogen) atoms. The second kappa shape index (κ2) is 9.01. The Hall–Kier alpha value is -2.54. The van der Waals surface area contributed by atoms with E-state index in [1.807, 2.05) is 42.2 Å². The number of fused-ring (bicyclic) bond motifs is 1. The van der Waals surface area contributed by atoms with Crippen molar-refractivity contribution in [1.29, 1.82) is 0 Å². The Morgan fingerprint density at radius 1 is 0.939 bits per heavy atom. The van der Waals surface area contributed by atoms with Crippen molar-refractivity contribution in [1.82, 2.24) is 14.7 Å². The summed E-state index contributed by atoms with van der Waals surface area (Å²) in [5.74, 6) is -0.0388. The van der Waals surface area contributed by atoms with E-state index >= 15 is 0 Å². The van der Waals surface area contributed by atoms with Gasteiger partial charge in [0.2, 0.25) is 5.91 Å². The van der Waals surface area contributed by atoms with Crippen LogP contribution in [0.4, 0.5) is 11.5 Å². The molecular formula is C24H22Cl3N5O. The third-order valence-electron chi connectivity index (χ3n) is 6.32. The predicted molar refractivity (Wildman–Crippen MR) is 133 cm³/mol. The van der Waals surface area contributed by atoms with E-state index in [1.165, 1.54) is 5.69 Å². The Bertz CT molecular complexity index is 1220. The van der Waals surface area contributed by atoms with Crippen LogP contribution in [-0.4, -0.2) is 52.5 Å². The molecule has 0 saturated carbocycles. The Labute approximate surface area is 207 Å². The van der Waals surface area contributed by atoms with Crippen molar-refractivity contribution >= 4 is 57.9 Å². The Kier molecular flexibility index (Phi) is 6.08. The predicted octanol–water partition coefficient (Wildman–Crippen LogP) is 5.50. The number of hydrogen-bond acceptors (Lipinski definition) is 4. The van der Waals surface area contributed by atoms with E-state index in [0.717, 1.165) is 18.7 Å². The maximum atomic E-state index is 13.9. The summed E-state index contributed by atoms with van der Waals surface area (Å²) in [6.45, 7) is 4.64. The van der Waals surface area contributed by atoms with Gasteiger partial charge in [-0.25, -0.2) is 9.67 Å². The van der Waals surface area contributed by atoms with E-state index in [0.29, 0.717) is 39.7 Å². The molecule has 2 aliphatic heterocycles. The van der Waals surface area contributed by atoms with Gasteiger partial charge in [-0.3, -0.25) is 4.79 Å². The third-order valence-corrected chi connectivity index (χ3v) is 7.42. The standard InChI is InChI=1S/C24H22Cl3N5O/c1-15-20(24(33)31-12-10-30(11-13-31)16-6-3-2-4-7-16)22(17-8-5-9-18(25)21(17)27)32-23(29-15)19(26)14-28-32/h2-9,14,20,22H,10-13H2,1H3. The second-order valence-corrected chi connectivity index (χ2v) is 9.42. The van der Waals surface area contributed by atoms with Crippen LogP contribution < -0.4 is 4.90 Å². The minimum absolute atomic E-state index is 0.00211. The number of halogens is 3. The molecule has 0 aliphatic carbocycles. The zero-order chi connectivity index (χ0) is 23.1. The minimum atomic E-state index is -0.562. The number of carbonyl (C=O) groups is 1. The molecule has 2 atom stereocenters. The summed E-state index contributed by atoms with van der Waals surface area (Å²) < 4.78 is 1.69. The molecular weight excluding hydrogens is 481 g/mol. The van der Waals surface area contributed by atoms with Gasteiger partial charge in [0, 0.05) is 37.6 Å². The first-order valence-corrected chi connectivity index (χ1v) is 11.9. The summed E-state index contributed by atoms with van der Waals surface area (Å²) in [6, 6.07) is 15.2. The first-order chi connectivity index (χ1) is 16.0. The number of piperazine rings is 1. The first kappa shape index (κ1) is 22.3. The fourth-order valence-electron chi connectivity index (χ4n) is 4.64. The van der Waals surface area contributed by atoms with Crippen LogP contribution in [0.2, 0.25) is 15.1 Å². The van der Waals surface area contributed by atoms with Crippen LogP contribution >= 0.6 is 34.8 Å². The van der Waals surface area contributed by atoms with E-state index < -0.39 is 12.0 Å². The van der Waals surface area contributed by atoms with Gasteiger partial charge in [0.1, 0.15) is 10.9 Å². The molecule has 6 nitrogen and oxygen atoms in total. The van der Waals surface area contributed by atoms with Gasteiger partial charge in [-0.1, -0.05) is 65.1 Å². The topological polar surface area (TPSA) is 53.7 Å². The van der Waals surface area contributed by atoms with Gasteiger partial charge in [0.05, 0.1) is 22.3 Å². The second-order valence-electron chi connectivity index (χ2n) is 8.23. The van der Waals surface area contributed by atoms with Crippen molar-refractivity contribution in [2.75, 3.05) is 31.1 Å². The van der Waals surface area contributed by atoms with Gasteiger partial charge in [0.25, 0.3) is 0 Å². The zero-order valence-electron chi connectivity index (χ0n) is 18.0. The lowest BCUT2D eigenvalue weighted by Crippen LogP contribution is -2.53. The maximum Gasteiger partial charge on any atom is 0.234 e. The van der Waals surface area contributed by atoms with Crippen LogP contribution in [0.15, 0.2) is 59.7 Å². The number of aliphatic imine (C=N–C) groups is 1. The summed E-state index contributed by atoms with van der Waals surface area (Å²) in [7, 11) is 0. The zero-order valence-corrected chi connectivity index (χ0v) is 20.2. The first-order valence-electron chi connectivity index (χ1n) is 10.8. The molecule has 1 fully saturated rings. The summed E-state index contributed by atoms with van der Waals surface area (Å²) in [6.07, 6.45) is 1.55. The molecule has 170 valence electrons. The van der Waals surface area contributed by atoms with Crippen molar-refractivity contribution in [3.63, 3.8) is 0 Å². The van der Waals surface area contributed by atoms with Gasteiger partial charge in [-0.2, -0.15) is 5.10 Å². The largest absolute Gasteiger partial charge is 0.368 e. The van der Waals surface area contributed by atoms with E-state index in [9.17, 15) is 4.79 Å². The highest BCUT2D eigenvalue weighted by molar-refractivity contribution is 6.42. The summed E-state index contributed by atoms with van der Waals surface area (Å²) in [4.78, 5) is 22.7. The quantitative estimate of drug-likeness (QED) is 0.475. The average molecular weight is 503 g/mol. The highest BCUT2D eigenvalue weighted by Crippen LogP contribution is 2.43. The summed E-state index contributed by atoms with van der Waals surface area (Å²) in [5, 5.41) is 5.71. The van der Waals surface area contributed by atoms with Crippen molar-refractivity contribution < 1.29 is 4.79 Å². The number of hydrogen-bond donors (Lipinski definition) is 0. The number of carbonyl (C=O) groups excluding carboxylic acids is 1. The third kappa shape index (κ3) is 4.01. The lowest BCUT2D eigenvalue weighted by Gasteiger charge is -2.40. The number of aromatic nitrogens is 2. The fraction of sp³-hybridized carbons (Fsp3) is 0.292. The fourth-order valence-corrected chi connectivity index (χ4v) is 5.24. The van der Waals surface area contributed by atoms with Crippen LogP contribution in [0, 0.1) is 5.92 Å². The van der Waals surface area contributed by atoms with Gasteiger partial charge in [-0.15, -0.1) is 0 Å². The van der Waals surface area contributed by atoms with Gasteiger partial charge in [0.15, 0.2) is 5.82 Å². The van der Waals surface area contributed by atoms with Gasteiger partial charge >= 0.3 is 0 Å². The van der Waals surface area contributed by atoms with Crippen LogP contribution in [0.3, 0.4) is 0 Å². The summed E-state index contributed by atoms with van der Waals surface area (Å²) in [5.41, 5.74) is 2.57. The number of amides is 1. The van der Waals surface area contributed by atoms with E-state index in [1.54, 1.807) is 16.9 Å². The molecule has 9 heteroatoms. The molecule has 5 rings (SSSR count). The molecule has 2 aromatic carbocycles. The molecule has 0 bridgehead atoms. The molecule has 0 radical (unpaired) electrons. The van der Waals surface area contributed by atoms with Crippen LogP contribution in [0.5, 0.6) is 0 Å².